The van der Waals surface area contributed by atoms with Crippen LogP contribution in [0.5, 0.6) is 0 Å². The lowest BCUT2D eigenvalue weighted by Crippen LogP contribution is -2.35. The smallest absolute Gasteiger partial charge is 0.299 e. The highest BCUT2D eigenvalue weighted by atomic mass is 32.2. The minimum absolute atomic E-state index is 0.00770. The summed E-state index contributed by atoms with van der Waals surface area (Å²) in [5.74, 6) is -0.0257. The molecule has 0 spiro atoms. The van der Waals surface area contributed by atoms with E-state index in [4.69, 9.17) is 0 Å². The maximum absolute atomic E-state index is 12.6. The van der Waals surface area contributed by atoms with Gasteiger partial charge in [0, 0.05) is 24.2 Å². The van der Waals surface area contributed by atoms with E-state index in [0.717, 1.165) is 12.3 Å². The van der Waals surface area contributed by atoms with Crippen molar-refractivity contribution in [3.05, 3.63) is 29.6 Å². The van der Waals surface area contributed by atoms with Gasteiger partial charge in [-0.1, -0.05) is 0 Å². The van der Waals surface area contributed by atoms with E-state index in [-0.39, 0.29) is 29.8 Å². The van der Waals surface area contributed by atoms with Crippen LogP contribution in [0.15, 0.2) is 18.3 Å². The van der Waals surface area contributed by atoms with Gasteiger partial charge in [0.1, 0.15) is 5.78 Å². The molecule has 8 heteroatoms. The molecule has 0 amide bonds. The number of aromatic nitrogens is 1. The molecule has 0 radical (unpaired) electrons. The van der Waals surface area contributed by atoms with Crippen molar-refractivity contribution in [2.45, 2.75) is 63.8 Å². The number of sulfone groups is 1. The average molecular weight is 405 g/mol. The van der Waals surface area contributed by atoms with Crippen molar-refractivity contribution in [2.24, 2.45) is 11.8 Å². The molecule has 1 aromatic heterocycles. The topological polar surface area (TPSA) is 64.1 Å². The Balaban J connectivity index is 1.88. The molecular weight excluding hydrogens is 379 g/mol. The quantitative estimate of drug-likeness (QED) is 0.735. The summed E-state index contributed by atoms with van der Waals surface area (Å²) in [4.78, 5) is 16.2. The summed E-state index contributed by atoms with van der Waals surface area (Å²) in [6.45, 7) is 5.07. The molecule has 1 aliphatic carbocycles. The van der Waals surface area contributed by atoms with E-state index >= 15 is 0 Å². The van der Waals surface area contributed by atoms with Crippen molar-refractivity contribution < 1.29 is 26.4 Å². The van der Waals surface area contributed by atoms with Crippen LogP contribution in [0.1, 0.15) is 57.7 Å². The highest BCUT2D eigenvalue weighted by Crippen LogP contribution is 2.33. The first-order valence-electron chi connectivity index (χ1n) is 9.07. The number of pyridine rings is 1. The molecule has 0 aliphatic heterocycles. The highest BCUT2D eigenvalue weighted by Gasteiger charge is 2.35. The van der Waals surface area contributed by atoms with Crippen LogP contribution in [0.25, 0.3) is 0 Å². The summed E-state index contributed by atoms with van der Waals surface area (Å²) in [7, 11) is -3.19. The van der Waals surface area contributed by atoms with Crippen LogP contribution in [0.2, 0.25) is 0 Å². The second kappa shape index (κ2) is 7.89. The summed E-state index contributed by atoms with van der Waals surface area (Å²) < 4.78 is 61.5. The minimum Gasteiger partial charge on any atom is -0.299 e. The van der Waals surface area contributed by atoms with E-state index in [9.17, 15) is 26.4 Å². The number of alkyl halides is 3. The molecule has 27 heavy (non-hydrogen) atoms. The number of halogens is 3. The number of hydrogen-bond acceptors (Lipinski definition) is 4. The van der Waals surface area contributed by atoms with Gasteiger partial charge in [0.15, 0.2) is 9.84 Å². The highest BCUT2D eigenvalue weighted by molar-refractivity contribution is 7.92. The largest absolute Gasteiger partial charge is 0.417 e. The fraction of sp³-hybridized carbons (Fsp3) is 0.684. The number of carbonyl (C=O) groups excluding carboxylic acids is 1. The van der Waals surface area contributed by atoms with Crippen LogP contribution in [0.3, 0.4) is 0 Å². The zero-order chi connectivity index (χ0) is 20.5. The van der Waals surface area contributed by atoms with E-state index in [1.807, 2.05) is 0 Å². The molecule has 1 heterocycles. The van der Waals surface area contributed by atoms with Crippen LogP contribution in [0.4, 0.5) is 13.2 Å². The number of Topliss-reactive ketones (excluding diaryl/α,β-unsaturated/α-hetero) is 1. The number of rotatable bonds is 5. The van der Waals surface area contributed by atoms with E-state index < -0.39 is 26.3 Å². The van der Waals surface area contributed by atoms with Gasteiger partial charge in [-0.25, -0.2) is 8.42 Å². The first-order chi connectivity index (χ1) is 12.3. The van der Waals surface area contributed by atoms with Gasteiger partial charge in [0.25, 0.3) is 0 Å². The molecule has 4 nitrogen and oxygen atoms in total. The van der Waals surface area contributed by atoms with Crippen molar-refractivity contribution in [3.8, 4) is 0 Å². The van der Waals surface area contributed by atoms with Crippen molar-refractivity contribution in [3.63, 3.8) is 0 Å². The van der Waals surface area contributed by atoms with Crippen LogP contribution in [-0.2, 0) is 27.2 Å². The molecule has 0 atom stereocenters. The Bertz CT molecular complexity index is 757. The van der Waals surface area contributed by atoms with Crippen LogP contribution >= 0.6 is 0 Å². The molecule has 2 rings (SSSR count). The zero-order valence-electron chi connectivity index (χ0n) is 15.8. The molecule has 1 aromatic rings. The SMILES string of the molecule is CC(C)(C)S(=O)(=O)CC1CCC(C(=O)Cc2ccc(C(F)(F)F)cn2)CC1. The Morgan fingerprint density at radius 1 is 1.11 bits per heavy atom. The summed E-state index contributed by atoms with van der Waals surface area (Å²) in [6.07, 6.45) is -1.11. The Labute approximate surface area is 158 Å². The Morgan fingerprint density at radius 2 is 1.70 bits per heavy atom. The third-order valence-corrected chi connectivity index (χ3v) is 7.97. The lowest BCUT2D eigenvalue weighted by atomic mass is 9.80. The summed E-state index contributed by atoms with van der Waals surface area (Å²) in [5.41, 5.74) is -0.510. The normalized spacial score (nSPS) is 21.9. The van der Waals surface area contributed by atoms with Gasteiger partial charge in [0.2, 0.25) is 0 Å². The Kier molecular flexibility index (Phi) is 6.39. The van der Waals surface area contributed by atoms with Crippen molar-refractivity contribution in [1.29, 1.82) is 0 Å². The molecule has 1 saturated carbocycles. The Morgan fingerprint density at radius 3 is 2.15 bits per heavy atom. The van der Waals surface area contributed by atoms with E-state index in [2.05, 4.69) is 4.98 Å². The fourth-order valence-electron chi connectivity index (χ4n) is 3.23. The van der Waals surface area contributed by atoms with Gasteiger partial charge in [0.05, 0.1) is 16.1 Å². The molecule has 0 saturated heterocycles. The predicted molar refractivity (Wildman–Crippen MR) is 96.9 cm³/mol. The lowest BCUT2D eigenvalue weighted by molar-refractivity contribution is -0.137. The molecule has 0 aromatic carbocycles. The van der Waals surface area contributed by atoms with Crippen LogP contribution in [-0.4, -0.2) is 29.7 Å². The number of nitrogens with zero attached hydrogens (tertiary/aromatic N) is 1. The summed E-state index contributed by atoms with van der Waals surface area (Å²) in [6, 6.07) is 2.17. The Hall–Kier alpha value is -1.44. The molecule has 0 N–H and O–H groups in total. The van der Waals surface area contributed by atoms with E-state index in [1.165, 1.54) is 6.07 Å². The lowest BCUT2D eigenvalue weighted by Gasteiger charge is -2.29. The van der Waals surface area contributed by atoms with Gasteiger partial charge >= 0.3 is 6.18 Å². The molecular formula is C19H26F3NO3S. The molecule has 1 aliphatic rings. The second-order valence-electron chi connectivity index (χ2n) is 8.29. The monoisotopic (exact) mass is 405 g/mol. The van der Waals surface area contributed by atoms with Gasteiger partial charge < -0.3 is 0 Å². The minimum atomic E-state index is -4.44. The number of carbonyl (C=O) groups is 1. The van der Waals surface area contributed by atoms with Gasteiger partial charge in [-0.15, -0.1) is 0 Å². The van der Waals surface area contributed by atoms with Gasteiger partial charge in [-0.2, -0.15) is 13.2 Å². The first kappa shape index (κ1) is 21.9. The molecule has 152 valence electrons. The maximum Gasteiger partial charge on any atom is 0.417 e. The number of ketones is 1. The number of hydrogen-bond donors (Lipinski definition) is 0. The molecule has 0 bridgehead atoms. The van der Waals surface area contributed by atoms with Crippen molar-refractivity contribution in [2.75, 3.05) is 5.75 Å². The van der Waals surface area contributed by atoms with Gasteiger partial charge in [-0.3, -0.25) is 9.78 Å². The van der Waals surface area contributed by atoms with Crippen LogP contribution < -0.4 is 0 Å². The third-order valence-electron chi connectivity index (χ3n) is 5.20. The van der Waals surface area contributed by atoms with Crippen molar-refractivity contribution >= 4 is 15.6 Å². The predicted octanol–water partition coefficient (Wildman–Crippen LogP) is 4.23. The van der Waals surface area contributed by atoms with Gasteiger partial charge in [-0.05, 0) is 64.5 Å². The third kappa shape index (κ3) is 5.77. The van der Waals surface area contributed by atoms with Crippen LogP contribution in [0, 0.1) is 11.8 Å². The molecule has 1 fully saturated rings. The zero-order valence-corrected chi connectivity index (χ0v) is 16.7. The maximum atomic E-state index is 12.6. The summed E-state index contributed by atoms with van der Waals surface area (Å²) >= 11 is 0. The average Bonchev–Trinajstić information content (AvgIpc) is 2.53. The summed E-state index contributed by atoms with van der Waals surface area (Å²) in [5, 5.41) is 0. The van der Waals surface area contributed by atoms with E-state index in [1.54, 1.807) is 20.8 Å². The second-order valence-corrected chi connectivity index (χ2v) is 11.1. The van der Waals surface area contributed by atoms with E-state index in [0.29, 0.717) is 31.4 Å². The molecule has 0 unspecified atom stereocenters. The first-order valence-corrected chi connectivity index (χ1v) is 10.7. The van der Waals surface area contributed by atoms with Crippen molar-refractivity contribution in [1.82, 2.24) is 4.98 Å². The fourth-order valence-corrected chi connectivity index (χ4v) is 4.68. The standard InChI is InChI=1S/C19H26F3NO3S/c1-18(2,3)27(25,26)12-13-4-6-14(7-5-13)17(24)10-16-9-8-15(11-23-16)19(20,21)22/h8-9,11,13-14H,4-7,10,12H2,1-3H3.